The summed E-state index contributed by atoms with van der Waals surface area (Å²) < 4.78 is 32.7. The van der Waals surface area contributed by atoms with Crippen molar-refractivity contribution < 1.29 is 28.2 Å². The van der Waals surface area contributed by atoms with E-state index in [2.05, 4.69) is 5.32 Å². The van der Waals surface area contributed by atoms with Gasteiger partial charge in [-0.25, -0.2) is 13.6 Å². The number of amides is 1. The quantitative estimate of drug-likeness (QED) is 0.534. The van der Waals surface area contributed by atoms with Crippen molar-refractivity contribution >= 4 is 57.9 Å². The Kier molecular flexibility index (Phi) is 5.97. The zero-order valence-corrected chi connectivity index (χ0v) is 16.2. The number of carboxylic acid groups (broad SMARTS) is 1. The predicted molar refractivity (Wildman–Crippen MR) is 106 cm³/mol. The first kappa shape index (κ1) is 20.2. The van der Waals surface area contributed by atoms with Crippen molar-refractivity contribution in [3.05, 3.63) is 57.5 Å². The Bertz CT molecular complexity index is 1040. The molecule has 1 aliphatic rings. The van der Waals surface area contributed by atoms with Crippen molar-refractivity contribution in [3.63, 3.8) is 0 Å². The Morgan fingerprint density at radius 3 is 2.64 bits per heavy atom. The molecule has 1 amide bonds. The molecule has 0 spiro atoms. The van der Waals surface area contributed by atoms with Gasteiger partial charge in [-0.1, -0.05) is 41.6 Å². The van der Waals surface area contributed by atoms with E-state index in [9.17, 15) is 18.4 Å². The number of thioether (sulfide) groups is 1. The van der Waals surface area contributed by atoms with Crippen LogP contribution >= 0.6 is 35.6 Å². The lowest BCUT2D eigenvalue weighted by atomic mass is 10.0. The molecule has 1 aliphatic heterocycles. The molecule has 1 heterocycles. The summed E-state index contributed by atoms with van der Waals surface area (Å²) in [7, 11) is 0. The van der Waals surface area contributed by atoms with Gasteiger partial charge >= 0.3 is 5.97 Å². The standard InChI is InChI=1S/C18H10ClF2NO4S2/c19-10-3-9(5-14-17(25)22-18(27)28-14)16(26-7-15(23)24)11(6-10)8-1-2-12(20)13(21)4-8/h1-6H,7H2,(H,23,24)(H,22,25,27)/b14-5+. The molecule has 144 valence electrons. The van der Waals surface area contributed by atoms with Gasteiger partial charge in [0.25, 0.3) is 5.91 Å². The van der Waals surface area contributed by atoms with E-state index in [1.165, 1.54) is 24.3 Å². The van der Waals surface area contributed by atoms with Crippen molar-refractivity contribution in [2.24, 2.45) is 0 Å². The van der Waals surface area contributed by atoms with E-state index in [-0.39, 0.29) is 36.7 Å². The molecule has 1 fully saturated rings. The normalized spacial score (nSPS) is 15.0. The Balaban J connectivity index is 2.18. The van der Waals surface area contributed by atoms with E-state index in [0.29, 0.717) is 0 Å². The highest BCUT2D eigenvalue weighted by Gasteiger charge is 2.24. The number of nitrogens with one attached hydrogen (secondary N) is 1. The minimum absolute atomic E-state index is 0.0523. The van der Waals surface area contributed by atoms with E-state index < -0.39 is 30.1 Å². The van der Waals surface area contributed by atoms with Crippen LogP contribution in [0.2, 0.25) is 5.02 Å². The number of halogens is 3. The fourth-order valence-electron chi connectivity index (χ4n) is 2.46. The Morgan fingerprint density at radius 2 is 2.04 bits per heavy atom. The number of ether oxygens (including phenoxy) is 1. The van der Waals surface area contributed by atoms with Gasteiger partial charge < -0.3 is 15.2 Å². The third kappa shape index (κ3) is 4.49. The summed E-state index contributed by atoms with van der Waals surface area (Å²) in [5.41, 5.74) is 0.752. The predicted octanol–water partition coefficient (Wildman–Crippen LogP) is 4.24. The SMILES string of the molecule is O=C(O)COc1c(/C=C2/SC(=S)NC2=O)cc(Cl)cc1-c1ccc(F)c(F)c1. The summed E-state index contributed by atoms with van der Waals surface area (Å²) in [5, 5.41) is 11.6. The maximum atomic E-state index is 13.7. The van der Waals surface area contributed by atoms with Crippen molar-refractivity contribution in [2.75, 3.05) is 6.61 Å². The molecule has 0 radical (unpaired) electrons. The molecule has 2 aromatic carbocycles. The first-order valence-electron chi connectivity index (χ1n) is 7.63. The van der Waals surface area contributed by atoms with E-state index in [1.54, 1.807) is 0 Å². The molecular weight excluding hydrogens is 432 g/mol. The number of aliphatic carboxylic acids is 1. The summed E-state index contributed by atoms with van der Waals surface area (Å²) in [4.78, 5) is 23.2. The topological polar surface area (TPSA) is 75.6 Å². The van der Waals surface area contributed by atoms with Gasteiger partial charge in [0.1, 0.15) is 10.1 Å². The number of carboxylic acids is 1. The molecule has 0 saturated carbocycles. The van der Waals surface area contributed by atoms with Gasteiger partial charge in [0.15, 0.2) is 18.2 Å². The summed E-state index contributed by atoms with van der Waals surface area (Å²) in [6.07, 6.45) is 1.44. The van der Waals surface area contributed by atoms with Crippen LogP contribution in [0.1, 0.15) is 5.56 Å². The van der Waals surface area contributed by atoms with E-state index in [1.807, 2.05) is 0 Å². The van der Waals surface area contributed by atoms with Crippen LogP contribution in [0.15, 0.2) is 35.2 Å². The van der Waals surface area contributed by atoms with Crippen molar-refractivity contribution in [1.29, 1.82) is 0 Å². The molecular formula is C18H10ClF2NO4S2. The van der Waals surface area contributed by atoms with Gasteiger partial charge in [-0.15, -0.1) is 0 Å². The average Bonchev–Trinajstić information content (AvgIpc) is 2.93. The lowest BCUT2D eigenvalue weighted by molar-refractivity contribution is -0.139. The second kappa shape index (κ2) is 8.26. The third-order valence-corrected chi connectivity index (χ3v) is 4.96. The zero-order valence-electron chi connectivity index (χ0n) is 13.8. The van der Waals surface area contributed by atoms with Crippen molar-refractivity contribution in [1.82, 2.24) is 5.32 Å². The number of benzene rings is 2. The van der Waals surface area contributed by atoms with Gasteiger partial charge in [0.05, 0.1) is 4.91 Å². The highest BCUT2D eigenvalue weighted by atomic mass is 35.5. The Labute approximate surface area is 172 Å². The molecule has 3 rings (SSSR count). The summed E-state index contributed by atoms with van der Waals surface area (Å²) in [6, 6.07) is 6.08. The van der Waals surface area contributed by atoms with Crippen LogP contribution in [0.25, 0.3) is 17.2 Å². The lowest BCUT2D eigenvalue weighted by Gasteiger charge is -2.15. The smallest absolute Gasteiger partial charge is 0.341 e. The van der Waals surface area contributed by atoms with Gasteiger partial charge in [-0.2, -0.15) is 0 Å². The molecule has 2 aromatic rings. The fourth-order valence-corrected chi connectivity index (χ4v) is 3.72. The van der Waals surface area contributed by atoms with Gasteiger partial charge in [-0.05, 0) is 35.9 Å². The third-order valence-electron chi connectivity index (χ3n) is 3.58. The maximum absolute atomic E-state index is 13.7. The van der Waals surface area contributed by atoms with Gasteiger partial charge in [0, 0.05) is 16.1 Å². The largest absolute Gasteiger partial charge is 0.481 e. The van der Waals surface area contributed by atoms with Crippen LogP contribution in [0, 0.1) is 11.6 Å². The summed E-state index contributed by atoms with van der Waals surface area (Å²) in [5.74, 6) is -3.73. The van der Waals surface area contributed by atoms with Crippen LogP contribution in [-0.2, 0) is 9.59 Å². The summed E-state index contributed by atoms with van der Waals surface area (Å²) in [6.45, 7) is -0.688. The molecule has 0 atom stereocenters. The molecule has 5 nitrogen and oxygen atoms in total. The zero-order chi connectivity index (χ0) is 20.4. The highest BCUT2D eigenvalue weighted by molar-refractivity contribution is 8.26. The van der Waals surface area contributed by atoms with Gasteiger partial charge in [-0.3, -0.25) is 4.79 Å². The minimum Gasteiger partial charge on any atom is -0.481 e. The van der Waals surface area contributed by atoms with Crippen LogP contribution in [0.4, 0.5) is 8.78 Å². The first-order chi connectivity index (χ1) is 13.2. The molecule has 0 aliphatic carbocycles. The molecule has 0 bridgehead atoms. The molecule has 1 saturated heterocycles. The molecule has 10 heteroatoms. The number of carbonyl (C=O) groups is 2. The van der Waals surface area contributed by atoms with E-state index in [4.69, 9.17) is 33.7 Å². The van der Waals surface area contributed by atoms with Crippen LogP contribution in [0.3, 0.4) is 0 Å². The second-order valence-electron chi connectivity index (χ2n) is 5.54. The Morgan fingerprint density at radius 1 is 1.29 bits per heavy atom. The maximum Gasteiger partial charge on any atom is 0.341 e. The van der Waals surface area contributed by atoms with Gasteiger partial charge in [0.2, 0.25) is 0 Å². The number of hydrogen-bond acceptors (Lipinski definition) is 5. The van der Waals surface area contributed by atoms with Crippen LogP contribution in [-0.4, -0.2) is 27.9 Å². The van der Waals surface area contributed by atoms with Crippen LogP contribution in [0.5, 0.6) is 5.75 Å². The highest BCUT2D eigenvalue weighted by Crippen LogP contribution is 2.39. The fraction of sp³-hybridized carbons (Fsp3) is 0.0556. The number of hydrogen-bond donors (Lipinski definition) is 2. The lowest BCUT2D eigenvalue weighted by Crippen LogP contribution is -2.17. The van der Waals surface area contributed by atoms with E-state index >= 15 is 0 Å². The average molecular weight is 442 g/mol. The minimum atomic E-state index is -1.24. The number of thiocarbonyl (C=S) groups is 1. The van der Waals surface area contributed by atoms with Crippen molar-refractivity contribution in [3.8, 4) is 16.9 Å². The monoisotopic (exact) mass is 441 g/mol. The summed E-state index contributed by atoms with van der Waals surface area (Å²) >= 11 is 12.1. The second-order valence-corrected chi connectivity index (χ2v) is 7.69. The molecule has 0 unspecified atom stereocenters. The number of rotatable bonds is 5. The molecule has 2 N–H and O–H groups in total. The molecule has 0 aromatic heterocycles. The van der Waals surface area contributed by atoms with Crippen molar-refractivity contribution in [2.45, 2.75) is 0 Å². The number of carbonyl (C=O) groups excluding carboxylic acids is 1. The Hall–Kier alpha value is -2.49. The molecule has 28 heavy (non-hydrogen) atoms. The first-order valence-corrected chi connectivity index (χ1v) is 9.23. The van der Waals surface area contributed by atoms with E-state index in [0.717, 1.165) is 23.9 Å². The van der Waals surface area contributed by atoms with Crippen LogP contribution < -0.4 is 10.1 Å².